The quantitative estimate of drug-likeness (QED) is 0.704. The number of thioether (sulfide) groups is 1. The molecule has 0 aliphatic carbocycles. The fourth-order valence-corrected chi connectivity index (χ4v) is 1.22. The highest BCUT2D eigenvalue weighted by atomic mass is 32.2. The summed E-state index contributed by atoms with van der Waals surface area (Å²) in [6, 6.07) is 0. The first-order valence-electron chi connectivity index (χ1n) is 4.00. The predicted molar refractivity (Wildman–Crippen MR) is 59.8 cm³/mol. The molecule has 0 saturated carbocycles. The summed E-state index contributed by atoms with van der Waals surface area (Å²) in [4.78, 5) is 11.9. The van der Waals surface area contributed by atoms with Gasteiger partial charge in [0.25, 0.3) is 5.24 Å². The maximum absolute atomic E-state index is 11.0. The van der Waals surface area contributed by atoms with Gasteiger partial charge < -0.3 is 5.32 Å². The van der Waals surface area contributed by atoms with Crippen LogP contribution in [0.1, 0.15) is 13.8 Å². The Balaban J connectivity index is 4.44. The van der Waals surface area contributed by atoms with Gasteiger partial charge in [-0.15, -0.1) is 0 Å². The van der Waals surface area contributed by atoms with Crippen molar-refractivity contribution >= 4 is 17.0 Å². The molecule has 0 aromatic rings. The molecule has 0 fully saturated rings. The number of hydrogen-bond acceptors (Lipinski definition) is 2. The minimum absolute atomic E-state index is 0.0706. The molecule has 0 saturated heterocycles. The van der Waals surface area contributed by atoms with Gasteiger partial charge >= 0.3 is 0 Å². The van der Waals surface area contributed by atoms with Crippen molar-refractivity contribution in [1.82, 2.24) is 5.32 Å². The standard InChI is InChI=1S/C10H15NOS/c1-5-6-7-9(8(2)3)13-10(12)11-4/h5-7H,2H2,1,3-4H3,(H,11,12)/b6-5-,9-7+. The van der Waals surface area contributed by atoms with E-state index in [2.05, 4.69) is 11.9 Å². The highest BCUT2D eigenvalue weighted by Crippen LogP contribution is 2.22. The molecule has 0 unspecified atom stereocenters. The molecule has 0 spiro atoms. The van der Waals surface area contributed by atoms with Crippen LogP contribution in [0.25, 0.3) is 0 Å². The van der Waals surface area contributed by atoms with Crippen molar-refractivity contribution in [2.45, 2.75) is 13.8 Å². The molecule has 3 heteroatoms. The molecule has 1 N–H and O–H groups in total. The zero-order chi connectivity index (χ0) is 10.3. The lowest BCUT2D eigenvalue weighted by molar-refractivity contribution is 0.262. The molecule has 0 bridgehead atoms. The van der Waals surface area contributed by atoms with E-state index >= 15 is 0 Å². The van der Waals surface area contributed by atoms with Crippen molar-refractivity contribution in [3.05, 3.63) is 35.3 Å². The van der Waals surface area contributed by atoms with Gasteiger partial charge in [-0.25, -0.2) is 0 Å². The minimum atomic E-state index is -0.0706. The average molecular weight is 197 g/mol. The Hall–Kier alpha value is -0.960. The van der Waals surface area contributed by atoms with E-state index in [9.17, 15) is 4.79 Å². The number of allylic oxidation sites excluding steroid dienone is 4. The molecule has 0 aliphatic rings. The van der Waals surface area contributed by atoms with Crippen molar-refractivity contribution in [3.63, 3.8) is 0 Å². The number of amides is 1. The molecule has 0 atom stereocenters. The van der Waals surface area contributed by atoms with Crippen LogP contribution in [0.3, 0.4) is 0 Å². The average Bonchev–Trinajstić information content (AvgIpc) is 2.11. The van der Waals surface area contributed by atoms with Gasteiger partial charge in [0.1, 0.15) is 0 Å². The van der Waals surface area contributed by atoms with Crippen LogP contribution in [0.4, 0.5) is 4.79 Å². The van der Waals surface area contributed by atoms with Crippen LogP contribution in [0.2, 0.25) is 0 Å². The van der Waals surface area contributed by atoms with Crippen molar-refractivity contribution in [2.75, 3.05) is 7.05 Å². The van der Waals surface area contributed by atoms with Gasteiger partial charge in [-0.2, -0.15) is 0 Å². The van der Waals surface area contributed by atoms with E-state index in [-0.39, 0.29) is 5.24 Å². The first-order valence-corrected chi connectivity index (χ1v) is 4.82. The summed E-state index contributed by atoms with van der Waals surface area (Å²) < 4.78 is 0. The molecule has 0 rings (SSSR count). The lowest BCUT2D eigenvalue weighted by atomic mass is 10.3. The molecule has 1 amide bonds. The Morgan fingerprint density at radius 2 is 2.15 bits per heavy atom. The van der Waals surface area contributed by atoms with E-state index in [1.165, 1.54) is 0 Å². The summed E-state index contributed by atoms with van der Waals surface area (Å²) in [6.07, 6.45) is 5.68. The largest absolute Gasteiger partial charge is 0.350 e. The molecular formula is C10H15NOS. The van der Waals surface area contributed by atoms with Crippen molar-refractivity contribution in [2.24, 2.45) is 0 Å². The van der Waals surface area contributed by atoms with E-state index in [1.807, 2.05) is 32.1 Å². The third-order valence-electron chi connectivity index (χ3n) is 1.27. The Bertz CT molecular complexity index is 254. The number of carbonyl (C=O) groups excluding carboxylic acids is 1. The van der Waals surface area contributed by atoms with Gasteiger partial charge in [0.05, 0.1) is 0 Å². The Labute approximate surface area is 83.8 Å². The first-order chi connectivity index (χ1) is 6.11. The molecule has 0 aromatic carbocycles. The summed E-state index contributed by atoms with van der Waals surface area (Å²) in [5.74, 6) is 0. The second-order valence-electron chi connectivity index (χ2n) is 2.48. The van der Waals surface area contributed by atoms with Crippen LogP contribution in [-0.4, -0.2) is 12.3 Å². The maximum atomic E-state index is 11.0. The van der Waals surface area contributed by atoms with E-state index in [4.69, 9.17) is 0 Å². The second kappa shape index (κ2) is 6.54. The van der Waals surface area contributed by atoms with Gasteiger partial charge in [-0.1, -0.05) is 18.7 Å². The summed E-state index contributed by atoms with van der Waals surface area (Å²) in [6.45, 7) is 7.60. The van der Waals surface area contributed by atoms with Crippen LogP contribution in [0, 0.1) is 0 Å². The maximum Gasteiger partial charge on any atom is 0.283 e. The molecular weight excluding hydrogens is 182 g/mol. The van der Waals surface area contributed by atoms with Crippen LogP contribution >= 0.6 is 11.8 Å². The van der Waals surface area contributed by atoms with Crippen molar-refractivity contribution < 1.29 is 4.79 Å². The lowest BCUT2D eigenvalue weighted by Gasteiger charge is -2.03. The number of rotatable bonds is 3. The summed E-state index contributed by atoms with van der Waals surface area (Å²) >= 11 is 1.15. The minimum Gasteiger partial charge on any atom is -0.350 e. The SMILES string of the molecule is C=C(C)/C(=C\C=C/C)SC(=O)NC. The Morgan fingerprint density at radius 3 is 2.54 bits per heavy atom. The lowest BCUT2D eigenvalue weighted by Crippen LogP contribution is -2.11. The van der Waals surface area contributed by atoms with Crippen LogP contribution in [0.5, 0.6) is 0 Å². The number of nitrogens with one attached hydrogen (secondary N) is 1. The van der Waals surface area contributed by atoms with Gasteiger partial charge in [0.2, 0.25) is 0 Å². The monoisotopic (exact) mass is 197 g/mol. The normalized spacial score (nSPS) is 11.8. The Kier molecular flexibility index (Phi) is 6.06. The van der Waals surface area contributed by atoms with Crippen LogP contribution in [-0.2, 0) is 0 Å². The zero-order valence-corrected chi connectivity index (χ0v) is 9.07. The molecule has 0 radical (unpaired) electrons. The fraction of sp³-hybridized carbons (Fsp3) is 0.300. The summed E-state index contributed by atoms with van der Waals surface area (Å²) in [7, 11) is 1.61. The van der Waals surface area contributed by atoms with E-state index in [0.29, 0.717) is 0 Å². The predicted octanol–water partition coefficient (Wildman–Crippen LogP) is 3.10. The van der Waals surface area contributed by atoms with Crippen LogP contribution in [0.15, 0.2) is 35.3 Å². The van der Waals surface area contributed by atoms with E-state index in [0.717, 1.165) is 22.2 Å². The van der Waals surface area contributed by atoms with E-state index in [1.54, 1.807) is 7.05 Å². The van der Waals surface area contributed by atoms with Gasteiger partial charge in [-0.05, 0) is 37.3 Å². The third kappa shape index (κ3) is 5.31. The highest BCUT2D eigenvalue weighted by Gasteiger charge is 2.04. The van der Waals surface area contributed by atoms with Crippen LogP contribution < -0.4 is 5.32 Å². The summed E-state index contributed by atoms with van der Waals surface area (Å²) in [5.41, 5.74) is 0.895. The topological polar surface area (TPSA) is 29.1 Å². The first kappa shape index (κ1) is 12.0. The molecule has 0 aromatic heterocycles. The van der Waals surface area contributed by atoms with Gasteiger partial charge in [0.15, 0.2) is 0 Å². The van der Waals surface area contributed by atoms with Crippen molar-refractivity contribution in [3.8, 4) is 0 Å². The number of carbonyl (C=O) groups is 1. The van der Waals surface area contributed by atoms with Crippen molar-refractivity contribution in [1.29, 1.82) is 0 Å². The zero-order valence-electron chi connectivity index (χ0n) is 8.26. The molecule has 2 nitrogen and oxygen atoms in total. The smallest absolute Gasteiger partial charge is 0.283 e. The third-order valence-corrected chi connectivity index (χ3v) is 2.36. The van der Waals surface area contributed by atoms with Gasteiger partial charge in [0, 0.05) is 12.0 Å². The highest BCUT2D eigenvalue weighted by molar-refractivity contribution is 8.17. The van der Waals surface area contributed by atoms with Gasteiger partial charge in [-0.3, -0.25) is 4.79 Å². The number of hydrogen-bond donors (Lipinski definition) is 1. The molecule has 13 heavy (non-hydrogen) atoms. The Morgan fingerprint density at radius 1 is 1.54 bits per heavy atom. The molecule has 72 valence electrons. The fourth-order valence-electron chi connectivity index (χ4n) is 0.598. The summed E-state index contributed by atoms with van der Waals surface area (Å²) in [5, 5.41) is 2.47. The second-order valence-corrected chi connectivity index (χ2v) is 3.49. The molecule has 0 heterocycles. The molecule has 0 aliphatic heterocycles. The van der Waals surface area contributed by atoms with E-state index < -0.39 is 0 Å².